The molecule has 0 atom stereocenters. The van der Waals surface area contributed by atoms with E-state index in [1.165, 1.54) is 10.5 Å². The zero-order chi connectivity index (χ0) is 13.8. The monoisotopic (exact) mass is 312 g/mol. The number of halogens is 2. The maximum absolute atomic E-state index is 6.10. The third-order valence-electron chi connectivity index (χ3n) is 2.66. The molecule has 1 aromatic carbocycles. The minimum atomic E-state index is 0.461. The Morgan fingerprint density at radius 3 is 2.42 bits per heavy atom. The van der Waals surface area contributed by atoms with Crippen molar-refractivity contribution < 1.29 is 0 Å². The summed E-state index contributed by atoms with van der Waals surface area (Å²) in [6.07, 6.45) is 0.739. The summed E-state index contributed by atoms with van der Waals surface area (Å²) in [6, 6.07) is 8.32. The van der Waals surface area contributed by atoms with E-state index in [0.29, 0.717) is 21.9 Å². The molecule has 0 saturated carbocycles. The molecule has 0 unspecified atom stereocenters. The number of rotatable bonds is 4. The normalized spacial score (nSPS) is 10.7. The standard InChI is InChI=1S/C14H14Cl2N2S/c1-3-11-13(15)17-12(18-14(11)16)8-19-10-6-4-5-9(2)7-10/h4-7H,3,8H2,1-2H3. The second-order valence-corrected chi connectivity index (χ2v) is 5.92. The molecular formula is C14H14Cl2N2S. The smallest absolute Gasteiger partial charge is 0.142 e. The molecule has 1 aromatic heterocycles. The van der Waals surface area contributed by atoms with E-state index in [4.69, 9.17) is 23.2 Å². The molecule has 5 heteroatoms. The van der Waals surface area contributed by atoms with Crippen LogP contribution < -0.4 is 0 Å². The molecule has 100 valence electrons. The second kappa shape index (κ2) is 6.60. The van der Waals surface area contributed by atoms with E-state index < -0.39 is 0 Å². The van der Waals surface area contributed by atoms with Crippen LogP contribution in [0.25, 0.3) is 0 Å². The third kappa shape index (κ3) is 3.85. The van der Waals surface area contributed by atoms with Gasteiger partial charge in [0.1, 0.15) is 16.1 Å². The molecule has 0 amide bonds. The van der Waals surface area contributed by atoms with Gasteiger partial charge in [0.2, 0.25) is 0 Å². The lowest BCUT2D eigenvalue weighted by atomic mass is 10.2. The van der Waals surface area contributed by atoms with Gasteiger partial charge in [0, 0.05) is 10.5 Å². The molecule has 2 nitrogen and oxygen atoms in total. The van der Waals surface area contributed by atoms with Crippen LogP contribution in [-0.4, -0.2) is 9.97 Å². The fraction of sp³-hybridized carbons (Fsp3) is 0.286. The highest BCUT2D eigenvalue weighted by Crippen LogP contribution is 2.26. The van der Waals surface area contributed by atoms with Crippen LogP contribution in [0.15, 0.2) is 29.2 Å². The molecule has 19 heavy (non-hydrogen) atoms. The van der Waals surface area contributed by atoms with Crippen LogP contribution in [0.1, 0.15) is 23.9 Å². The zero-order valence-electron chi connectivity index (χ0n) is 10.8. The number of benzene rings is 1. The van der Waals surface area contributed by atoms with Gasteiger partial charge in [0.25, 0.3) is 0 Å². The molecule has 0 aliphatic rings. The average molecular weight is 313 g/mol. The number of hydrogen-bond acceptors (Lipinski definition) is 3. The Morgan fingerprint density at radius 2 is 1.84 bits per heavy atom. The third-order valence-corrected chi connectivity index (χ3v) is 4.28. The highest BCUT2D eigenvalue weighted by Gasteiger charge is 2.10. The Kier molecular flexibility index (Phi) is 5.08. The second-order valence-electron chi connectivity index (χ2n) is 4.16. The van der Waals surface area contributed by atoms with Crippen molar-refractivity contribution in [2.75, 3.05) is 0 Å². The molecule has 0 bridgehead atoms. The van der Waals surface area contributed by atoms with Gasteiger partial charge in [-0.2, -0.15) is 0 Å². The van der Waals surface area contributed by atoms with Crippen molar-refractivity contribution in [3.8, 4) is 0 Å². The summed E-state index contributed by atoms with van der Waals surface area (Å²) < 4.78 is 0. The van der Waals surface area contributed by atoms with Crippen molar-refractivity contribution in [1.29, 1.82) is 0 Å². The Bertz CT molecular complexity index is 564. The van der Waals surface area contributed by atoms with E-state index >= 15 is 0 Å². The molecule has 1 heterocycles. The number of aryl methyl sites for hydroxylation is 1. The first-order valence-corrected chi connectivity index (χ1v) is 7.74. The van der Waals surface area contributed by atoms with Crippen LogP contribution in [0.5, 0.6) is 0 Å². The molecule has 2 rings (SSSR count). The molecule has 0 fully saturated rings. The van der Waals surface area contributed by atoms with E-state index in [2.05, 4.69) is 35.1 Å². The lowest BCUT2D eigenvalue weighted by Gasteiger charge is -2.06. The van der Waals surface area contributed by atoms with Crippen molar-refractivity contribution in [2.45, 2.75) is 30.9 Å². The average Bonchev–Trinajstić information content (AvgIpc) is 2.36. The van der Waals surface area contributed by atoms with Crippen LogP contribution in [0.3, 0.4) is 0 Å². The van der Waals surface area contributed by atoms with E-state index in [1.54, 1.807) is 11.8 Å². The van der Waals surface area contributed by atoms with Gasteiger partial charge in [-0.3, -0.25) is 0 Å². The van der Waals surface area contributed by atoms with Crippen LogP contribution in [-0.2, 0) is 12.2 Å². The van der Waals surface area contributed by atoms with Gasteiger partial charge in [0.05, 0.1) is 5.75 Å². The topological polar surface area (TPSA) is 25.8 Å². The SMILES string of the molecule is CCc1c(Cl)nc(CSc2cccc(C)c2)nc1Cl. The fourth-order valence-corrected chi connectivity index (χ4v) is 3.24. The van der Waals surface area contributed by atoms with Crippen molar-refractivity contribution in [3.63, 3.8) is 0 Å². The van der Waals surface area contributed by atoms with Gasteiger partial charge in [-0.05, 0) is 25.5 Å². The minimum absolute atomic E-state index is 0.461. The van der Waals surface area contributed by atoms with Gasteiger partial charge in [-0.1, -0.05) is 47.8 Å². The molecule has 0 aliphatic heterocycles. The summed E-state index contributed by atoms with van der Waals surface area (Å²) in [5, 5.41) is 0.921. The highest BCUT2D eigenvalue weighted by atomic mass is 35.5. The lowest BCUT2D eigenvalue weighted by molar-refractivity contribution is 0.979. The van der Waals surface area contributed by atoms with E-state index in [9.17, 15) is 0 Å². The molecule has 2 aromatic rings. The summed E-state index contributed by atoms with van der Waals surface area (Å²) in [5.74, 6) is 1.33. The first kappa shape index (κ1) is 14.6. The number of aromatic nitrogens is 2. The van der Waals surface area contributed by atoms with Crippen LogP contribution in [0.2, 0.25) is 10.3 Å². The van der Waals surface area contributed by atoms with Crippen LogP contribution in [0, 0.1) is 6.92 Å². The largest absolute Gasteiger partial charge is 0.220 e. The predicted molar refractivity (Wildman–Crippen MR) is 82.2 cm³/mol. The summed E-state index contributed by atoms with van der Waals surface area (Å²) in [5.41, 5.74) is 2.05. The Labute approximate surface area is 127 Å². The Hall–Kier alpha value is -0.770. The predicted octanol–water partition coefficient (Wildman–Crippen LogP) is 4.95. The molecule has 0 N–H and O–H groups in total. The molecule has 0 radical (unpaired) electrons. The van der Waals surface area contributed by atoms with Gasteiger partial charge >= 0.3 is 0 Å². The van der Waals surface area contributed by atoms with Crippen molar-refractivity contribution in [3.05, 3.63) is 51.5 Å². The van der Waals surface area contributed by atoms with Crippen molar-refractivity contribution >= 4 is 35.0 Å². The summed E-state index contributed by atoms with van der Waals surface area (Å²) in [7, 11) is 0. The Morgan fingerprint density at radius 1 is 1.16 bits per heavy atom. The van der Waals surface area contributed by atoms with Crippen molar-refractivity contribution in [2.24, 2.45) is 0 Å². The van der Waals surface area contributed by atoms with Crippen LogP contribution >= 0.6 is 35.0 Å². The minimum Gasteiger partial charge on any atom is -0.220 e. The summed E-state index contributed by atoms with van der Waals surface area (Å²) in [4.78, 5) is 9.77. The number of hydrogen-bond donors (Lipinski definition) is 0. The lowest BCUT2D eigenvalue weighted by Crippen LogP contribution is -1.98. The van der Waals surface area contributed by atoms with Gasteiger partial charge in [-0.25, -0.2) is 9.97 Å². The molecule has 0 spiro atoms. The first-order valence-electron chi connectivity index (χ1n) is 6.00. The quantitative estimate of drug-likeness (QED) is 0.590. The van der Waals surface area contributed by atoms with Crippen molar-refractivity contribution in [1.82, 2.24) is 9.97 Å². The molecular weight excluding hydrogens is 299 g/mol. The van der Waals surface area contributed by atoms with E-state index in [-0.39, 0.29) is 0 Å². The summed E-state index contributed by atoms with van der Waals surface area (Å²) in [6.45, 7) is 4.06. The van der Waals surface area contributed by atoms with E-state index in [1.807, 2.05) is 13.0 Å². The number of thioether (sulfide) groups is 1. The highest BCUT2D eigenvalue weighted by molar-refractivity contribution is 7.98. The first-order chi connectivity index (χ1) is 9.10. The maximum Gasteiger partial charge on any atom is 0.142 e. The van der Waals surface area contributed by atoms with Gasteiger partial charge in [-0.15, -0.1) is 11.8 Å². The molecule has 0 saturated heterocycles. The van der Waals surface area contributed by atoms with E-state index in [0.717, 1.165) is 12.0 Å². The number of nitrogens with zero attached hydrogens (tertiary/aromatic N) is 2. The van der Waals surface area contributed by atoms with Gasteiger partial charge in [0.15, 0.2) is 0 Å². The Balaban J connectivity index is 2.12. The maximum atomic E-state index is 6.10. The molecule has 0 aliphatic carbocycles. The zero-order valence-corrected chi connectivity index (χ0v) is 13.1. The fourth-order valence-electron chi connectivity index (χ4n) is 1.68. The summed E-state index contributed by atoms with van der Waals surface area (Å²) >= 11 is 13.9. The van der Waals surface area contributed by atoms with Crippen LogP contribution in [0.4, 0.5) is 0 Å². The van der Waals surface area contributed by atoms with Gasteiger partial charge < -0.3 is 0 Å².